The summed E-state index contributed by atoms with van der Waals surface area (Å²) < 4.78 is 6.50. The van der Waals surface area contributed by atoms with Crippen molar-refractivity contribution in [2.24, 2.45) is 22.1 Å². The number of amides is 1. The summed E-state index contributed by atoms with van der Waals surface area (Å²) in [4.78, 5) is 17.6. The van der Waals surface area contributed by atoms with E-state index in [9.17, 15) is 4.79 Å². The van der Waals surface area contributed by atoms with Crippen LogP contribution in [0.15, 0.2) is 23.2 Å². The van der Waals surface area contributed by atoms with Crippen molar-refractivity contribution in [2.75, 3.05) is 5.75 Å². The maximum absolute atomic E-state index is 12.6. The van der Waals surface area contributed by atoms with E-state index in [0.717, 1.165) is 30.8 Å². The number of benzene rings is 1. The molecular formula is C23H31N3O2S. The third-order valence-corrected chi connectivity index (χ3v) is 7.94. The lowest BCUT2D eigenvalue weighted by atomic mass is 9.67. The Kier molecular flexibility index (Phi) is 4.43. The summed E-state index contributed by atoms with van der Waals surface area (Å²) >= 11 is 1.66. The first-order valence-corrected chi connectivity index (χ1v) is 11.8. The van der Waals surface area contributed by atoms with Gasteiger partial charge in [-0.05, 0) is 55.7 Å². The first-order valence-electron chi connectivity index (χ1n) is 10.9. The van der Waals surface area contributed by atoms with Crippen molar-refractivity contribution < 1.29 is 9.53 Å². The third kappa shape index (κ3) is 3.33. The minimum absolute atomic E-state index is 0.118. The molecule has 2 saturated carbocycles. The second-order valence-corrected chi connectivity index (χ2v) is 11.2. The van der Waals surface area contributed by atoms with Crippen molar-refractivity contribution in [2.45, 2.75) is 76.5 Å². The third-order valence-electron chi connectivity index (χ3n) is 6.96. The molecule has 6 heteroatoms. The number of amidine groups is 1. The van der Waals surface area contributed by atoms with Gasteiger partial charge in [0, 0.05) is 28.7 Å². The normalized spacial score (nSPS) is 33.5. The molecule has 3 N–H and O–H groups in total. The van der Waals surface area contributed by atoms with Gasteiger partial charge in [-0.2, -0.15) is 0 Å². The zero-order chi connectivity index (χ0) is 20.4. The first kappa shape index (κ1) is 19.3. The molecule has 0 saturated heterocycles. The molecule has 1 aromatic carbocycles. The van der Waals surface area contributed by atoms with Crippen LogP contribution in [0.5, 0.6) is 5.75 Å². The SMILES string of the molecule is CC(C)(C)C(=O)NC1CC[C@@H]2Oc3ccc(C4CC4)cc3C3(CSC(N)=N3)C2C1. The van der Waals surface area contributed by atoms with Gasteiger partial charge in [-0.1, -0.05) is 38.6 Å². The van der Waals surface area contributed by atoms with Gasteiger partial charge in [-0.15, -0.1) is 0 Å². The number of rotatable bonds is 2. The quantitative estimate of drug-likeness (QED) is 0.771. The van der Waals surface area contributed by atoms with Crippen LogP contribution < -0.4 is 15.8 Å². The molecule has 1 spiro atoms. The van der Waals surface area contributed by atoms with Crippen LogP contribution in [0.25, 0.3) is 0 Å². The van der Waals surface area contributed by atoms with E-state index in [4.69, 9.17) is 15.5 Å². The van der Waals surface area contributed by atoms with Crippen LogP contribution in [0.2, 0.25) is 0 Å². The number of nitrogens with two attached hydrogens (primary N) is 1. The maximum atomic E-state index is 12.6. The minimum Gasteiger partial charge on any atom is -0.490 e. The molecular weight excluding hydrogens is 382 g/mol. The minimum atomic E-state index is -0.380. The molecule has 0 aromatic heterocycles. The Balaban J connectivity index is 1.49. The molecule has 2 fully saturated rings. The highest BCUT2D eigenvalue weighted by Crippen LogP contribution is 2.55. The van der Waals surface area contributed by atoms with Crippen LogP contribution in [0, 0.1) is 11.3 Å². The highest BCUT2D eigenvalue weighted by atomic mass is 32.2. The number of nitrogens with one attached hydrogen (secondary N) is 1. The van der Waals surface area contributed by atoms with Crippen LogP contribution in [0.4, 0.5) is 0 Å². The van der Waals surface area contributed by atoms with Crippen LogP contribution in [0.1, 0.15) is 69.9 Å². The van der Waals surface area contributed by atoms with Gasteiger partial charge in [-0.25, -0.2) is 4.99 Å². The highest BCUT2D eigenvalue weighted by Gasteiger charge is 2.55. The van der Waals surface area contributed by atoms with E-state index >= 15 is 0 Å². The molecule has 1 amide bonds. The largest absolute Gasteiger partial charge is 0.490 e. The molecule has 2 heterocycles. The van der Waals surface area contributed by atoms with Gasteiger partial charge in [0.05, 0.1) is 0 Å². The van der Waals surface area contributed by atoms with E-state index in [1.807, 2.05) is 20.8 Å². The maximum Gasteiger partial charge on any atom is 0.225 e. The molecule has 4 atom stereocenters. The Morgan fingerprint density at radius 2 is 2.07 bits per heavy atom. The summed E-state index contributed by atoms with van der Waals surface area (Å²) in [6.07, 6.45) is 5.45. The molecule has 29 heavy (non-hydrogen) atoms. The van der Waals surface area contributed by atoms with Gasteiger partial charge < -0.3 is 15.8 Å². The Bertz CT molecular complexity index is 873. The predicted molar refractivity (Wildman–Crippen MR) is 117 cm³/mol. The molecule has 2 aliphatic carbocycles. The molecule has 0 radical (unpaired) electrons. The molecule has 3 unspecified atom stereocenters. The first-order chi connectivity index (χ1) is 13.8. The van der Waals surface area contributed by atoms with Crippen molar-refractivity contribution in [1.82, 2.24) is 5.32 Å². The number of aliphatic imine (C=N–C) groups is 1. The van der Waals surface area contributed by atoms with E-state index in [1.54, 1.807) is 11.8 Å². The lowest BCUT2D eigenvalue weighted by Crippen LogP contribution is -2.55. The summed E-state index contributed by atoms with van der Waals surface area (Å²) in [5.74, 6) is 2.89. The second-order valence-electron chi connectivity index (χ2n) is 10.2. The molecule has 1 aromatic rings. The fourth-order valence-corrected chi connectivity index (χ4v) is 6.14. The average molecular weight is 414 g/mol. The van der Waals surface area contributed by atoms with E-state index < -0.39 is 0 Å². The topological polar surface area (TPSA) is 76.7 Å². The van der Waals surface area contributed by atoms with Crippen LogP contribution in [-0.4, -0.2) is 29.0 Å². The molecule has 0 bridgehead atoms. The number of thioether (sulfide) groups is 1. The lowest BCUT2D eigenvalue weighted by Gasteiger charge is -2.49. The van der Waals surface area contributed by atoms with E-state index in [0.29, 0.717) is 11.1 Å². The predicted octanol–water partition coefficient (Wildman–Crippen LogP) is 3.91. The highest BCUT2D eigenvalue weighted by molar-refractivity contribution is 8.14. The van der Waals surface area contributed by atoms with Crippen LogP contribution in [0.3, 0.4) is 0 Å². The van der Waals surface area contributed by atoms with Crippen molar-refractivity contribution in [3.63, 3.8) is 0 Å². The fourth-order valence-electron chi connectivity index (χ4n) is 5.11. The van der Waals surface area contributed by atoms with Gasteiger partial charge >= 0.3 is 0 Å². The lowest BCUT2D eigenvalue weighted by molar-refractivity contribution is -0.130. The van der Waals surface area contributed by atoms with Gasteiger partial charge in [-0.3, -0.25) is 4.79 Å². The number of hydrogen-bond donors (Lipinski definition) is 2. The van der Waals surface area contributed by atoms with E-state index in [1.165, 1.54) is 24.0 Å². The van der Waals surface area contributed by atoms with Crippen molar-refractivity contribution in [3.8, 4) is 5.75 Å². The van der Waals surface area contributed by atoms with Crippen molar-refractivity contribution in [3.05, 3.63) is 29.3 Å². The fraction of sp³-hybridized carbons (Fsp3) is 0.652. The summed E-state index contributed by atoms with van der Waals surface area (Å²) in [6.45, 7) is 5.90. The number of fused-ring (bicyclic) bond motifs is 4. The Morgan fingerprint density at radius 1 is 1.28 bits per heavy atom. The summed E-state index contributed by atoms with van der Waals surface area (Å²) in [5.41, 5.74) is 8.11. The van der Waals surface area contributed by atoms with Gasteiger partial charge in [0.25, 0.3) is 0 Å². The number of nitrogens with zero attached hydrogens (tertiary/aromatic N) is 1. The zero-order valence-corrected chi connectivity index (χ0v) is 18.3. The summed E-state index contributed by atoms with van der Waals surface area (Å²) in [6, 6.07) is 6.89. The molecule has 2 aliphatic heterocycles. The van der Waals surface area contributed by atoms with Crippen molar-refractivity contribution >= 4 is 22.8 Å². The smallest absolute Gasteiger partial charge is 0.225 e. The van der Waals surface area contributed by atoms with Gasteiger partial charge in [0.2, 0.25) is 5.91 Å². The Labute approximate surface area is 177 Å². The number of ether oxygens (including phenoxy) is 1. The summed E-state index contributed by atoms with van der Waals surface area (Å²) in [7, 11) is 0. The second kappa shape index (κ2) is 6.66. The molecule has 156 valence electrons. The Hall–Kier alpha value is -1.69. The zero-order valence-electron chi connectivity index (χ0n) is 17.5. The molecule has 5 nitrogen and oxygen atoms in total. The summed E-state index contributed by atoms with van der Waals surface area (Å²) in [5, 5.41) is 3.97. The standard InChI is InChI=1S/C23H31N3O2S/c1-22(2,3)20(27)25-15-7-9-19-17(11-15)23(12-29-21(24)26-23)16-10-14(13-4-5-13)6-8-18(16)28-19/h6,8,10,13,15,17,19H,4-5,7,9,11-12H2,1-3H3,(H2,24,26)(H,25,27)/t15?,17?,19-,23?/m0/s1. The monoisotopic (exact) mass is 413 g/mol. The van der Waals surface area contributed by atoms with E-state index in [2.05, 4.69) is 23.5 Å². The van der Waals surface area contributed by atoms with Crippen LogP contribution >= 0.6 is 11.8 Å². The van der Waals surface area contributed by atoms with Crippen molar-refractivity contribution in [1.29, 1.82) is 0 Å². The Morgan fingerprint density at radius 3 is 2.72 bits per heavy atom. The number of hydrogen-bond acceptors (Lipinski definition) is 5. The van der Waals surface area contributed by atoms with Gasteiger partial charge in [0.1, 0.15) is 17.4 Å². The van der Waals surface area contributed by atoms with Crippen LogP contribution in [-0.2, 0) is 10.3 Å². The van der Waals surface area contributed by atoms with E-state index in [-0.39, 0.29) is 34.9 Å². The number of carbonyl (C=O) groups is 1. The molecule has 4 aliphatic rings. The average Bonchev–Trinajstić information content (AvgIpc) is 3.45. The number of carbonyl (C=O) groups excluding carboxylic acids is 1. The van der Waals surface area contributed by atoms with Gasteiger partial charge in [0.15, 0.2) is 5.17 Å². The molecule has 5 rings (SSSR count).